The summed E-state index contributed by atoms with van der Waals surface area (Å²) in [7, 11) is 0. The van der Waals surface area contributed by atoms with Gasteiger partial charge in [-0.25, -0.2) is 4.90 Å². The van der Waals surface area contributed by atoms with Gasteiger partial charge in [-0.2, -0.15) is 0 Å². The summed E-state index contributed by atoms with van der Waals surface area (Å²) in [5.74, 6) is 1.04. The predicted molar refractivity (Wildman–Crippen MR) is 220 cm³/mol. The predicted octanol–water partition coefficient (Wildman–Crippen LogP) is 10.6. The molecule has 0 spiro atoms. The lowest BCUT2D eigenvalue weighted by molar-refractivity contribution is 0.0874. The monoisotopic (exact) mass is 754 g/mol. The minimum absolute atomic E-state index is 0.302. The van der Waals surface area contributed by atoms with Crippen molar-refractivity contribution in [2.45, 2.75) is 59.3 Å². The number of anilines is 1. The molecule has 1 N–H and O–H groups in total. The van der Waals surface area contributed by atoms with Crippen molar-refractivity contribution >= 4 is 29.3 Å². The van der Waals surface area contributed by atoms with E-state index in [0.717, 1.165) is 28.7 Å². The second-order valence-electron chi connectivity index (χ2n) is 15.7. The summed E-state index contributed by atoms with van der Waals surface area (Å²) in [6.45, 7) is 12.7. The number of rotatable bonds is 10. The number of amides is 4. The quantitative estimate of drug-likeness (QED) is 0.140. The van der Waals surface area contributed by atoms with Crippen molar-refractivity contribution in [3.63, 3.8) is 0 Å². The van der Waals surface area contributed by atoms with Gasteiger partial charge in [0.1, 0.15) is 23.0 Å². The molecule has 0 bridgehead atoms. The molecular formula is C49H42N2O6. The van der Waals surface area contributed by atoms with Crippen molar-refractivity contribution in [1.82, 2.24) is 5.32 Å². The van der Waals surface area contributed by atoms with E-state index in [4.69, 9.17) is 9.47 Å². The number of aryl methyl sites for hydroxylation is 2. The molecular weight excluding hydrogens is 713 g/mol. The van der Waals surface area contributed by atoms with Crippen LogP contribution in [-0.2, 0) is 11.8 Å². The van der Waals surface area contributed by atoms with Gasteiger partial charge in [-0.3, -0.25) is 24.5 Å². The fourth-order valence-electron chi connectivity index (χ4n) is 7.84. The van der Waals surface area contributed by atoms with Gasteiger partial charge in [0.2, 0.25) is 0 Å². The number of fused-ring (bicyclic) bond motifs is 2. The lowest BCUT2D eigenvalue weighted by Crippen LogP contribution is -2.30. The van der Waals surface area contributed by atoms with Crippen LogP contribution in [0.2, 0.25) is 0 Å². The van der Waals surface area contributed by atoms with E-state index in [2.05, 4.69) is 64.2 Å². The van der Waals surface area contributed by atoms with Crippen LogP contribution in [0.4, 0.5) is 5.69 Å². The third-order valence-electron chi connectivity index (χ3n) is 11.1. The number of carbonyl (C=O) groups is 4. The van der Waals surface area contributed by atoms with Crippen molar-refractivity contribution < 1.29 is 28.7 Å². The number of hydrogen-bond acceptors (Lipinski definition) is 6. The molecule has 2 heterocycles. The molecule has 0 radical (unpaired) electrons. The van der Waals surface area contributed by atoms with Gasteiger partial charge in [-0.15, -0.1) is 0 Å². The number of carbonyl (C=O) groups excluding carboxylic acids is 4. The molecule has 57 heavy (non-hydrogen) atoms. The second kappa shape index (κ2) is 14.4. The first-order valence-electron chi connectivity index (χ1n) is 19.0. The van der Waals surface area contributed by atoms with Gasteiger partial charge in [0.25, 0.3) is 23.6 Å². The molecule has 8 heteroatoms. The Kier molecular flexibility index (Phi) is 9.36. The van der Waals surface area contributed by atoms with E-state index in [0.29, 0.717) is 56.9 Å². The Hall–Kier alpha value is -6.80. The fraction of sp³-hybridized carbons (Fsp3) is 0.184. The zero-order valence-corrected chi connectivity index (χ0v) is 32.7. The molecule has 6 aromatic carbocycles. The molecule has 8 rings (SSSR count). The van der Waals surface area contributed by atoms with E-state index in [1.807, 2.05) is 67.6 Å². The summed E-state index contributed by atoms with van der Waals surface area (Å²) in [5.41, 5.74) is 9.46. The van der Waals surface area contributed by atoms with E-state index in [1.165, 1.54) is 21.6 Å². The highest BCUT2D eigenvalue weighted by Crippen LogP contribution is 2.37. The number of nitrogens with one attached hydrogen (secondary N) is 1. The first-order chi connectivity index (χ1) is 27.3. The summed E-state index contributed by atoms with van der Waals surface area (Å²) >= 11 is 0. The van der Waals surface area contributed by atoms with Gasteiger partial charge in [0, 0.05) is 5.41 Å². The van der Waals surface area contributed by atoms with Gasteiger partial charge in [0.05, 0.1) is 27.9 Å². The summed E-state index contributed by atoms with van der Waals surface area (Å²) in [4.78, 5) is 52.5. The lowest BCUT2D eigenvalue weighted by Gasteiger charge is -2.26. The zero-order chi connectivity index (χ0) is 40.2. The SMILES string of the molecule is Cc1cc(Cc2ccc(N3C(=O)c4ccc(Oc5ccc(C(C)(C)c6ccc(Oc7ccc8c(c7)C(=O)NC8=O)cc6)cc5)cc4C3=O)c(C)c2)ccc1C(C)C. The zero-order valence-electron chi connectivity index (χ0n) is 32.7. The lowest BCUT2D eigenvalue weighted by atomic mass is 9.78. The number of ether oxygens (including phenoxy) is 2. The topological polar surface area (TPSA) is 102 Å². The Balaban J connectivity index is 0.925. The van der Waals surface area contributed by atoms with Crippen LogP contribution >= 0.6 is 0 Å². The van der Waals surface area contributed by atoms with E-state index in [-0.39, 0.29) is 17.2 Å². The normalized spacial score (nSPS) is 13.6. The smallest absolute Gasteiger partial charge is 0.266 e. The minimum Gasteiger partial charge on any atom is -0.457 e. The average molecular weight is 755 g/mol. The molecule has 0 unspecified atom stereocenters. The molecule has 284 valence electrons. The molecule has 0 atom stereocenters. The molecule has 2 aliphatic rings. The molecule has 0 aromatic heterocycles. The maximum absolute atomic E-state index is 13.7. The molecule has 8 nitrogen and oxygen atoms in total. The van der Waals surface area contributed by atoms with E-state index < -0.39 is 11.8 Å². The summed E-state index contributed by atoms with van der Waals surface area (Å²) in [6, 6.07) is 37.9. The van der Waals surface area contributed by atoms with Crippen molar-refractivity contribution in [2.75, 3.05) is 4.90 Å². The Labute approximate surface area is 332 Å². The molecule has 6 aromatic rings. The van der Waals surface area contributed by atoms with Crippen LogP contribution in [0.15, 0.2) is 121 Å². The maximum Gasteiger partial charge on any atom is 0.266 e. The number of hydrogen-bond donors (Lipinski definition) is 1. The highest BCUT2D eigenvalue weighted by molar-refractivity contribution is 6.34. The molecule has 0 aliphatic carbocycles. The number of benzene rings is 6. The van der Waals surface area contributed by atoms with Gasteiger partial charge >= 0.3 is 0 Å². The Morgan fingerprint density at radius 1 is 0.544 bits per heavy atom. The first-order valence-corrected chi connectivity index (χ1v) is 19.0. The first kappa shape index (κ1) is 37.1. The number of nitrogens with zero attached hydrogens (tertiary/aromatic N) is 1. The van der Waals surface area contributed by atoms with Crippen LogP contribution in [0, 0.1) is 13.8 Å². The summed E-state index contributed by atoms with van der Waals surface area (Å²) in [6.07, 6.45) is 0.761. The van der Waals surface area contributed by atoms with Crippen molar-refractivity contribution in [2.24, 2.45) is 0 Å². The highest BCUT2D eigenvalue weighted by Gasteiger charge is 2.38. The summed E-state index contributed by atoms with van der Waals surface area (Å²) in [5, 5.41) is 2.29. The molecule has 4 amide bonds. The second-order valence-corrected chi connectivity index (χ2v) is 15.7. The van der Waals surface area contributed by atoms with Gasteiger partial charge in [-0.1, -0.05) is 82.3 Å². The van der Waals surface area contributed by atoms with Gasteiger partial charge in [-0.05, 0) is 132 Å². The van der Waals surface area contributed by atoms with Crippen LogP contribution in [-0.4, -0.2) is 23.6 Å². The Morgan fingerprint density at radius 3 is 1.60 bits per heavy atom. The minimum atomic E-state index is -0.429. The van der Waals surface area contributed by atoms with E-state index in [9.17, 15) is 19.2 Å². The average Bonchev–Trinajstić information content (AvgIpc) is 3.60. The third-order valence-corrected chi connectivity index (χ3v) is 11.1. The maximum atomic E-state index is 13.7. The van der Waals surface area contributed by atoms with E-state index in [1.54, 1.807) is 36.4 Å². The Morgan fingerprint density at radius 2 is 1.04 bits per heavy atom. The van der Waals surface area contributed by atoms with Crippen LogP contribution in [0.1, 0.15) is 114 Å². The van der Waals surface area contributed by atoms with Crippen LogP contribution < -0.4 is 19.7 Å². The van der Waals surface area contributed by atoms with Gasteiger partial charge < -0.3 is 9.47 Å². The van der Waals surface area contributed by atoms with Crippen molar-refractivity contribution in [1.29, 1.82) is 0 Å². The molecule has 0 saturated carbocycles. The molecule has 2 aliphatic heterocycles. The van der Waals surface area contributed by atoms with Crippen LogP contribution in [0.3, 0.4) is 0 Å². The van der Waals surface area contributed by atoms with Crippen LogP contribution in [0.5, 0.6) is 23.0 Å². The number of imide groups is 2. The molecule has 0 fully saturated rings. The summed E-state index contributed by atoms with van der Waals surface area (Å²) < 4.78 is 12.2. The largest absolute Gasteiger partial charge is 0.457 e. The fourth-order valence-corrected chi connectivity index (χ4v) is 7.84. The van der Waals surface area contributed by atoms with E-state index >= 15 is 0 Å². The molecule has 0 saturated heterocycles. The Bertz CT molecular complexity index is 2620. The highest BCUT2D eigenvalue weighted by atomic mass is 16.5. The van der Waals surface area contributed by atoms with Crippen LogP contribution in [0.25, 0.3) is 0 Å². The van der Waals surface area contributed by atoms with Gasteiger partial charge in [0.15, 0.2) is 0 Å². The standard InChI is InChI=1S/C49H42N2O6/c1-28(2)39-19-7-31(23-29(39)3)25-32-8-22-44(30(4)24-32)51-47(54)41-21-18-38(27-43(41)48(51)55)57-36-15-11-34(12-16-36)49(5,6)33-9-13-35(14-10-33)56-37-17-20-40-42(26-37)46(53)50-45(40)52/h7-24,26-28H,25H2,1-6H3,(H,50,52,53). The van der Waals surface area contributed by atoms with Crippen molar-refractivity contribution in [3.05, 3.63) is 183 Å². The third kappa shape index (κ3) is 6.99. The van der Waals surface area contributed by atoms with Crippen molar-refractivity contribution in [3.8, 4) is 23.0 Å².